The molecule has 0 unspecified atom stereocenters. The predicted octanol–water partition coefficient (Wildman–Crippen LogP) is 4.45. The number of hydrogen-bond acceptors (Lipinski definition) is 9. The summed E-state index contributed by atoms with van der Waals surface area (Å²) in [4.78, 5) is 9.40. The maximum Gasteiger partial charge on any atom is 0.332 e. The van der Waals surface area contributed by atoms with Gasteiger partial charge in [0, 0.05) is 0 Å². The molecule has 0 aromatic heterocycles. The van der Waals surface area contributed by atoms with Gasteiger partial charge in [-0.2, -0.15) is 37.6 Å². The Morgan fingerprint density at radius 1 is 0.730 bits per heavy atom. The second kappa shape index (κ2) is 10.8. The Bertz CT molecular complexity index is 1620. The van der Waals surface area contributed by atoms with Gasteiger partial charge in [-0.15, -0.1) is 5.11 Å². The molecule has 3 aromatic carbocycles. The van der Waals surface area contributed by atoms with Gasteiger partial charge >= 0.3 is 6.03 Å². The zero-order chi connectivity index (χ0) is 27.4. The number of carbonyl (C=O) groups excluding carboxylic acids is 1. The zero-order valence-electron chi connectivity index (χ0n) is 19.3. The highest BCUT2D eigenvalue weighted by Gasteiger charge is 2.20. The summed E-state index contributed by atoms with van der Waals surface area (Å²) in [7, 11) is -9.41. The molecule has 0 saturated carbocycles. The van der Waals surface area contributed by atoms with E-state index < -0.39 is 41.7 Å². The molecule has 0 aliphatic rings. The van der Waals surface area contributed by atoms with Gasteiger partial charge in [0.15, 0.2) is 0 Å². The topological polar surface area (TPSA) is 227 Å². The largest absolute Gasteiger partial charge is 0.350 e. The Kier molecular flexibility index (Phi) is 7.97. The SMILES string of the molecule is Cc1cc(/N=N/c2cc(S(=O)(=O)O)ccc2S(=O)(=O)O)c(C)cc1/N=N/c1ccc([N]NC(N)=O)cc1. The highest BCUT2D eigenvalue weighted by Crippen LogP contribution is 2.33. The molecule has 2 amide bonds. The molecule has 5 N–H and O–H groups in total. The first-order valence-corrected chi connectivity index (χ1v) is 13.0. The summed E-state index contributed by atoms with van der Waals surface area (Å²) >= 11 is 0. The van der Waals surface area contributed by atoms with E-state index in [4.69, 9.17) is 5.73 Å². The minimum atomic E-state index is -4.76. The van der Waals surface area contributed by atoms with Gasteiger partial charge in [-0.05, 0) is 79.6 Å². The van der Waals surface area contributed by atoms with Gasteiger partial charge in [0.25, 0.3) is 20.2 Å². The van der Waals surface area contributed by atoms with Crippen LogP contribution < -0.4 is 16.6 Å². The molecule has 0 fully saturated rings. The van der Waals surface area contributed by atoms with E-state index >= 15 is 0 Å². The van der Waals surface area contributed by atoms with Gasteiger partial charge < -0.3 is 5.73 Å². The van der Waals surface area contributed by atoms with Crippen molar-refractivity contribution in [2.45, 2.75) is 23.6 Å². The number of azo groups is 2. The number of rotatable bonds is 8. The summed E-state index contributed by atoms with van der Waals surface area (Å²) in [6, 6.07) is 11.3. The molecule has 14 nitrogen and oxygen atoms in total. The summed E-state index contributed by atoms with van der Waals surface area (Å²) < 4.78 is 64.8. The summed E-state index contributed by atoms with van der Waals surface area (Å²) in [5.74, 6) is 0. The molecule has 3 aromatic rings. The molecular weight excluding hydrogens is 526 g/mol. The van der Waals surface area contributed by atoms with Gasteiger partial charge in [0.2, 0.25) is 0 Å². The van der Waals surface area contributed by atoms with E-state index in [1.807, 2.05) is 0 Å². The average Bonchev–Trinajstić information content (AvgIpc) is 2.81. The summed E-state index contributed by atoms with van der Waals surface area (Å²) in [6.07, 6.45) is 0. The number of amides is 2. The lowest BCUT2D eigenvalue weighted by atomic mass is 10.1. The first-order valence-electron chi connectivity index (χ1n) is 10.1. The van der Waals surface area contributed by atoms with E-state index in [0.717, 1.165) is 18.2 Å². The third-order valence-corrected chi connectivity index (χ3v) is 6.45. The number of hydrogen-bond donors (Lipinski definition) is 4. The van der Waals surface area contributed by atoms with Crippen molar-refractivity contribution in [1.29, 1.82) is 0 Å². The highest BCUT2D eigenvalue weighted by atomic mass is 32.2. The fraction of sp³-hybridized carbons (Fsp3) is 0.0952. The molecule has 37 heavy (non-hydrogen) atoms. The number of primary amides is 1. The Morgan fingerprint density at radius 3 is 1.76 bits per heavy atom. The first kappa shape index (κ1) is 27.3. The third-order valence-electron chi connectivity index (χ3n) is 4.70. The van der Waals surface area contributed by atoms with Crippen molar-refractivity contribution < 1.29 is 30.7 Å². The minimum Gasteiger partial charge on any atom is -0.350 e. The normalized spacial score (nSPS) is 12.2. The van der Waals surface area contributed by atoms with Crippen molar-refractivity contribution >= 4 is 54.7 Å². The number of nitrogens with two attached hydrogens (primary N) is 1. The second-order valence-corrected chi connectivity index (χ2v) is 10.3. The van der Waals surface area contributed by atoms with E-state index in [2.05, 4.69) is 31.3 Å². The summed E-state index contributed by atoms with van der Waals surface area (Å²) in [5.41, 5.74) is 13.4. The Labute approximate surface area is 211 Å². The van der Waals surface area contributed by atoms with Crippen molar-refractivity contribution in [3.05, 3.63) is 65.7 Å². The first-order chi connectivity index (χ1) is 17.2. The van der Waals surface area contributed by atoms with Crippen LogP contribution in [0.15, 0.2) is 84.8 Å². The molecule has 0 spiro atoms. The van der Waals surface area contributed by atoms with Crippen LogP contribution in [0.4, 0.5) is 33.2 Å². The van der Waals surface area contributed by atoms with Gasteiger partial charge in [-0.25, -0.2) is 10.2 Å². The fourth-order valence-corrected chi connectivity index (χ4v) is 3.99. The van der Waals surface area contributed by atoms with Crippen LogP contribution in [-0.4, -0.2) is 32.0 Å². The fourth-order valence-electron chi connectivity index (χ4n) is 2.89. The molecule has 0 aliphatic heterocycles. The number of nitrogens with zero attached hydrogens (tertiary/aromatic N) is 5. The van der Waals surface area contributed by atoms with E-state index in [-0.39, 0.29) is 0 Å². The zero-order valence-corrected chi connectivity index (χ0v) is 20.9. The van der Waals surface area contributed by atoms with Crippen molar-refractivity contribution in [3.8, 4) is 0 Å². The van der Waals surface area contributed by atoms with Crippen LogP contribution >= 0.6 is 0 Å². The Hall–Kier alpha value is -4.25. The van der Waals surface area contributed by atoms with E-state index in [1.165, 1.54) is 0 Å². The van der Waals surface area contributed by atoms with Crippen LogP contribution in [0, 0.1) is 13.8 Å². The maximum absolute atomic E-state index is 11.7. The lowest BCUT2D eigenvalue weighted by Crippen LogP contribution is -2.33. The third kappa shape index (κ3) is 7.37. The van der Waals surface area contributed by atoms with Crippen molar-refractivity contribution in [3.63, 3.8) is 0 Å². The van der Waals surface area contributed by atoms with Crippen molar-refractivity contribution in [2.75, 3.05) is 0 Å². The lowest BCUT2D eigenvalue weighted by molar-refractivity contribution is 0.246. The van der Waals surface area contributed by atoms with Crippen molar-refractivity contribution in [1.82, 2.24) is 10.9 Å². The number of benzene rings is 3. The molecule has 0 heterocycles. The standard InChI is InChI=1S/C21H20N7O7S2/c1-12-10-18(26-27-19-11-16(36(30,31)32)7-8-20(19)37(33,34)35)13(2)9-17(12)25-23-14-3-5-15(6-4-14)24-28-21(22)29/h3-11H,1-2H3,(H3,22,28,29)(H,30,31,32)(H,33,34,35)/b25-23+,27-26+. The van der Waals surface area contributed by atoms with E-state index in [0.29, 0.717) is 33.9 Å². The lowest BCUT2D eigenvalue weighted by Gasteiger charge is -2.06. The van der Waals surface area contributed by atoms with Gasteiger partial charge in [-0.3, -0.25) is 9.11 Å². The molecule has 0 aliphatic carbocycles. The van der Waals surface area contributed by atoms with E-state index in [1.54, 1.807) is 50.2 Å². The maximum atomic E-state index is 11.7. The monoisotopic (exact) mass is 546 g/mol. The molecule has 3 rings (SSSR count). The van der Waals surface area contributed by atoms with Gasteiger partial charge in [0.05, 0.1) is 27.6 Å². The Balaban J connectivity index is 1.87. The van der Waals surface area contributed by atoms with Crippen LogP contribution in [0.3, 0.4) is 0 Å². The highest BCUT2D eigenvalue weighted by molar-refractivity contribution is 7.86. The molecule has 0 atom stereocenters. The van der Waals surface area contributed by atoms with Crippen LogP contribution in [0.5, 0.6) is 0 Å². The molecule has 16 heteroatoms. The quantitative estimate of drug-likeness (QED) is 0.180. The average molecular weight is 547 g/mol. The Morgan fingerprint density at radius 2 is 1.24 bits per heavy atom. The van der Waals surface area contributed by atoms with Crippen LogP contribution in [0.25, 0.3) is 0 Å². The van der Waals surface area contributed by atoms with Crippen LogP contribution in [0.2, 0.25) is 0 Å². The van der Waals surface area contributed by atoms with Gasteiger partial charge in [0.1, 0.15) is 10.6 Å². The number of urea groups is 1. The predicted molar refractivity (Wildman–Crippen MR) is 131 cm³/mol. The van der Waals surface area contributed by atoms with Crippen molar-refractivity contribution in [2.24, 2.45) is 26.2 Å². The number of carbonyl (C=O) groups is 1. The van der Waals surface area contributed by atoms with E-state index in [9.17, 15) is 30.7 Å². The summed E-state index contributed by atoms with van der Waals surface area (Å²) in [6.45, 7) is 3.42. The minimum absolute atomic E-state index is 0.308. The second-order valence-electron chi connectivity index (χ2n) is 7.51. The smallest absolute Gasteiger partial charge is 0.332 e. The molecular formula is C21H20N7O7S2. The van der Waals surface area contributed by atoms with Crippen LogP contribution in [-0.2, 0) is 20.2 Å². The number of aryl methyl sites for hydroxylation is 2. The number of nitrogens with one attached hydrogen (secondary N) is 1. The molecule has 0 bridgehead atoms. The molecule has 1 radical (unpaired) electrons. The summed E-state index contributed by atoms with van der Waals surface area (Å²) in [5, 5.41) is 16.1. The van der Waals surface area contributed by atoms with Gasteiger partial charge in [-0.1, -0.05) is 0 Å². The molecule has 193 valence electrons. The molecule has 0 saturated heterocycles. The van der Waals surface area contributed by atoms with Crippen LogP contribution in [0.1, 0.15) is 11.1 Å².